The van der Waals surface area contributed by atoms with E-state index in [9.17, 15) is 24.9 Å². The minimum atomic E-state index is -1.95. The van der Waals surface area contributed by atoms with Gasteiger partial charge in [0.05, 0.1) is 34.6 Å². The van der Waals surface area contributed by atoms with Crippen LogP contribution in [0.5, 0.6) is 0 Å². The largest absolute Gasteiger partial charge is 0.456 e. The van der Waals surface area contributed by atoms with Gasteiger partial charge in [-0.05, 0) is 92.1 Å². The number of esters is 1. The van der Waals surface area contributed by atoms with E-state index >= 15 is 0 Å². The maximum absolute atomic E-state index is 14.1. The van der Waals surface area contributed by atoms with Gasteiger partial charge in [-0.3, -0.25) is 0 Å². The molecule has 1 aromatic rings. The Balaban J connectivity index is 2.13. The predicted molar refractivity (Wildman–Crippen MR) is 198 cm³/mol. The van der Waals surface area contributed by atoms with Crippen LogP contribution >= 0.6 is 23.2 Å². The van der Waals surface area contributed by atoms with Gasteiger partial charge in [-0.1, -0.05) is 50.0 Å². The topological polar surface area (TPSA) is 150 Å². The molecule has 12 nitrogen and oxygen atoms in total. The molecule has 0 aromatic heterocycles. The highest BCUT2D eigenvalue weighted by atomic mass is 35.5. The van der Waals surface area contributed by atoms with Crippen LogP contribution in [0.15, 0.2) is 29.8 Å². The first-order chi connectivity index (χ1) is 23.7. The van der Waals surface area contributed by atoms with Crippen LogP contribution in [-0.4, -0.2) is 125 Å². The lowest BCUT2D eigenvalue weighted by molar-refractivity contribution is -0.294. The zero-order chi connectivity index (χ0) is 38.6. The van der Waals surface area contributed by atoms with E-state index in [0.29, 0.717) is 23.6 Å². The number of halogens is 2. The summed E-state index contributed by atoms with van der Waals surface area (Å²) in [5, 5.41) is 38.3. The van der Waals surface area contributed by atoms with Crippen LogP contribution in [0.25, 0.3) is 0 Å². The summed E-state index contributed by atoms with van der Waals surface area (Å²) in [4.78, 5) is 31.0. The number of nitrogens with zero attached hydrogens (tertiary/aromatic N) is 2. The fourth-order valence-electron chi connectivity index (χ4n) is 7.48. The second-order valence-corrected chi connectivity index (χ2v) is 15.9. The summed E-state index contributed by atoms with van der Waals surface area (Å²) in [5.74, 6) is -1.43. The van der Waals surface area contributed by atoms with Crippen LogP contribution < -0.4 is 5.32 Å². The van der Waals surface area contributed by atoms with Gasteiger partial charge in [0.1, 0.15) is 23.9 Å². The van der Waals surface area contributed by atoms with Crippen molar-refractivity contribution in [3.63, 3.8) is 0 Å². The minimum absolute atomic E-state index is 0.110. The van der Waals surface area contributed by atoms with Gasteiger partial charge in [0.25, 0.3) is 0 Å². The molecule has 0 bridgehead atoms. The molecule has 2 aliphatic rings. The first-order valence-corrected chi connectivity index (χ1v) is 18.4. The number of amides is 2. The van der Waals surface area contributed by atoms with Crippen molar-refractivity contribution in [3.05, 3.63) is 39.9 Å². The highest BCUT2D eigenvalue weighted by Gasteiger charge is 2.48. The molecule has 2 amide bonds. The molecule has 14 heteroatoms. The summed E-state index contributed by atoms with van der Waals surface area (Å²) in [6.07, 6.45) is -2.71. The number of carbonyl (C=O) groups is 2. The Morgan fingerprint density at radius 2 is 1.80 bits per heavy atom. The molecular weight excluding hydrogens is 701 g/mol. The number of benzene rings is 1. The Bertz CT molecular complexity index is 1380. The lowest BCUT2D eigenvalue weighted by atomic mass is 9.81. The Kier molecular flexibility index (Phi) is 15.2. The normalized spacial score (nSPS) is 38.6. The lowest BCUT2D eigenvalue weighted by Crippen LogP contribution is -2.61. The summed E-state index contributed by atoms with van der Waals surface area (Å²) in [6, 6.07) is 2.90. The fraction of sp³-hybridized carbons (Fsp3) is 0.730. The number of methoxy groups -OCH3 is 1. The van der Waals surface area contributed by atoms with E-state index in [1.165, 1.54) is 17.9 Å². The number of ether oxygens (including phenoxy) is 4. The molecule has 0 unspecified atom stereocenters. The summed E-state index contributed by atoms with van der Waals surface area (Å²) in [6.45, 7) is 14.1. The number of nitrogens with one attached hydrogen (secondary N) is 1. The third kappa shape index (κ3) is 10.4. The Morgan fingerprint density at radius 1 is 1.16 bits per heavy atom. The molecule has 3 rings (SSSR count). The molecule has 4 N–H and O–H groups in total. The number of anilines is 1. The number of aliphatic hydroxyl groups is 3. The van der Waals surface area contributed by atoms with Crippen LogP contribution in [0.1, 0.15) is 74.7 Å². The average molecular weight is 761 g/mol. The maximum atomic E-state index is 14.1. The number of hydrogen-bond donors (Lipinski definition) is 4. The molecule has 2 aliphatic heterocycles. The van der Waals surface area contributed by atoms with E-state index in [4.69, 9.17) is 42.1 Å². The minimum Gasteiger partial charge on any atom is -0.456 e. The van der Waals surface area contributed by atoms with Crippen LogP contribution in [0.2, 0.25) is 10.0 Å². The third-order valence-corrected chi connectivity index (χ3v) is 11.0. The summed E-state index contributed by atoms with van der Waals surface area (Å²) in [7, 11) is 5.37. The van der Waals surface area contributed by atoms with E-state index in [0.717, 1.165) is 0 Å². The SMILES string of the molecule is CC[C@H]1OC(=O)/C(C)=C\[C@H](C)[C@@H](O[C@@H]2O[C@H](C)C[C@H](N(C)C)[C@H]2O)[C@](C)(OC)C[C@@H](C)CN(C(=O)Nc2ccc(Cl)cc2Cl)[C@H](C)[C@@H](O)[C@]1(C)O. The number of hydrogen-bond acceptors (Lipinski definition) is 10. The first-order valence-electron chi connectivity index (χ1n) is 17.7. The van der Waals surface area contributed by atoms with Crippen molar-refractivity contribution in [1.82, 2.24) is 9.80 Å². The standard InChI is InChI=1S/C37H59Cl2N3O9/c1-12-29-37(8,47)31(44)24(6)42(35(46)40-27-14-13-25(38)17-26(27)39)19-20(2)18-36(7,48-11)32(21(3)15-22(4)33(45)50-29)51-34-30(43)28(41(9)10)16-23(5)49-34/h13-15,17,20-21,23-24,28-32,34,43-44,47H,12,16,18-19H2,1-11H3,(H,40,46)/b22-15-/t20-,21+,23-,24-,28+,29-,30-,31-,32-,34+,36-,37-/m1/s1. The molecule has 1 aromatic carbocycles. The fourth-order valence-corrected chi connectivity index (χ4v) is 7.94. The highest BCUT2D eigenvalue weighted by molar-refractivity contribution is 6.36. The highest BCUT2D eigenvalue weighted by Crippen LogP contribution is 2.37. The molecule has 0 spiro atoms. The zero-order valence-electron chi connectivity index (χ0n) is 31.9. The van der Waals surface area contributed by atoms with Gasteiger partial charge in [-0.15, -0.1) is 0 Å². The van der Waals surface area contributed by atoms with Gasteiger partial charge in [-0.2, -0.15) is 0 Å². The number of aliphatic hydroxyl groups excluding tert-OH is 2. The number of cyclic esters (lactones) is 1. The smallest absolute Gasteiger partial charge is 0.333 e. The maximum Gasteiger partial charge on any atom is 0.333 e. The molecule has 0 radical (unpaired) electrons. The van der Waals surface area contributed by atoms with Crippen molar-refractivity contribution < 1.29 is 43.9 Å². The van der Waals surface area contributed by atoms with E-state index in [1.807, 2.05) is 46.7 Å². The zero-order valence-corrected chi connectivity index (χ0v) is 33.4. The van der Waals surface area contributed by atoms with Crippen LogP contribution in [0.3, 0.4) is 0 Å². The quantitative estimate of drug-likeness (QED) is 0.275. The number of likely N-dealkylation sites (N-methyl/N-ethyl adjacent to an activating group) is 1. The predicted octanol–water partition coefficient (Wildman–Crippen LogP) is 5.49. The van der Waals surface area contributed by atoms with Gasteiger partial charge < -0.3 is 49.4 Å². The Labute approximate surface area is 313 Å². The molecule has 0 saturated carbocycles. The van der Waals surface area contributed by atoms with Crippen molar-refractivity contribution >= 4 is 40.9 Å². The number of rotatable bonds is 6. The molecule has 51 heavy (non-hydrogen) atoms. The molecule has 12 atom stereocenters. The molecule has 2 heterocycles. The van der Waals surface area contributed by atoms with E-state index in [2.05, 4.69) is 5.32 Å². The molecule has 0 aliphatic carbocycles. The Morgan fingerprint density at radius 3 is 2.37 bits per heavy atom. The van der Waals surface area contributed by atoms with Crippen molar-refractivity contribution in [2.24, 2.45) is 11.8 Å². The van der Waals surface area contributed by atoms with E-state index in [1.54, 1.807) is 46.1 Å². The van der Waals surface area contributed by atoms with Gasteiger partial charge in [0.2, 0.25) is 0 Å². The van der Waals surface area contributed by atoms with Crippen LogP contribution in [0.4, 0.5) is 10.5 Å². The first kappa shape index (κ1) is 43.4. The van der Waals surface area contributed by atoms with Crippen molar-refractivity contribution in [3.8, 4) is 0 Å². The summed E-state index contributed by atoms with van der Waals surface area (Å²) in [5.41, 5.74) is -2.42. The van der Waals surface area contributed by atoms with Crippen LogP contribution in [-0.2, 0) is 23.7 Å². The average Bonchev–Trinajstić information content (AvgIpc) is 3.05. The van der Waals surface area contributed by atoms with Crippen LogP contribution in [0, 0.1) is 11.8 Å². The lowest BCUT2D eigenvalue weighted by Gasteiger charge is -2.47. The van der Waals surface area contributed by atoms with E-state index in [-0.39, 0.29) is 41.6 Å². The van der Waals surface area contributed by atoms with Gasteiger partial charge in [-0.25, -0.2) is 9.59 Å². The number of carbonyl (C=O) groups excluding carboxylic acids is 2. The monoisotopic (exact) mass is 759 g/mol. The molecular formula is C37H59Cl2N3O9. The van der Waals surface area contributed by atoms with E-state index < -0.39 is 65.9 Å². The van der Waals surface area contributed by atoms with Crippen molar-refractivity contribution in [1.29, 1.82) is 0 Å². The van der Waals surface area contributed by atoms with Gasteiger partial charge in [0.15, 0.2) is 6.29 Å². The van der Waals surface area contributed by atoms with Gasteiger partial charge >= 0.3 is 12.0 Å². The third-order valence-electron chi connectivity index (χ3n) is 10.5. The Hall–Kier alpha value is -2.00. The molecule has 1 saturated heterocycles. The second kappa shape index (κ2) is 17.9. The summed E-state index contributed by atoms with van der Waals surface area (Å²) >= 11 is 12.5. The number of urea groups is 1. The van der Waals surface area contributed by atoms with Crippen molar-refractivity contribution in [2.45, 2.75) is 135 Å². The molecule has 1 fully saturated rings. The van der Waals surface area contributed by atoms with Gasteiger partial charge in [0, 0.05) is 36.2 Å². The second-order valence-electron chi connectivity index (χ2n) is 15.1. The summed E-state index contributed by atoms with van der Waals surface area (Å²) < 4.78 is 24.9. The van der Waals surface area contributed by atoms with Crippen molar-refractivity contribution in [2.75, 3.05) is 33.1 Å². The molecule has 290 valence electrons.